The van der Waals surface area contributed by atoms with Gasteiger partial charge in [0.15, 0.2) is 0 Å². The van der Waals surface area contributed by atoms with Crippen molar-refractivity contribution in [3.8, 4) is 5.75 Å². The number of nitrogens with one attached hydrogen (secondary N) is 2. The Labute approximate surface area is 159 Å². The fourth-order valence-corrected chi connectivity index (χ4v) is 4.51. The summed E-state index contributed by atoms with van der Waals surface area (Å²) in [7, 11) is -2.22. The van der Waals surface area contributed by atoms with Crippen LogP contribution in [0.5, 0.6) is 5.75 Å². The van der Waals surface area contributed by atoms with Gasteiger partial charge in [0.1, 0.15) is 5.75 Å². The molecular weight excluding hydrogens is 370 g/mol. The number of rotatable bonds is 6. The summed E-state index contributed by atoms with van der Waals surface area (Å²) in [5.41, 5.74) is 1.36. The Hall–Kier alpha value is -1.94. The van der Waals surface area contributed by atoms with E-state index in [1.54, 1.807) is 0 Å². The van der Waals surface area contributed by atoms with Crippen molar-refractivity contribution in [2.45, 2.75) is 11.3 Å². The molecule has 8 nitrogen and oxygen atoms in total. The maximum Gasteiger partial charge on any atom is 0.255 e. The molecule has 0 unspecified atom stereocenters. The van der Waals surface area contributed by atoms with Gasteiger partial charge in [0.05, 0.1) is 30.8 Å². The normalized spacial score (nSPS) is 18.6. The lowest BCUT2D eigenvalue weighted by molar-refractivity contribution is 0.0730. The van der Waals surface area contributed by atoms with Crippen LogP contribution < -0.4 is 15.4 Å². The second kappa shape index (κ2) is 8.83. The van der Waals surface area contributed by atoms with E-state index in [1.807, 2.05) is 0 Å². The third kappa shape index (κ3) is 4.67. The Kier molecular flexibility index (Phi) is 6.48. The van der Waals surface area contributed by atoms with Crippen LogP contribution >= 0.6 is 0 Å². The van der Waals surface area contributed by atoms with Crippen molar-refractivity contribution in [2.24, 2.45) is 0 Å². The summed E-state index contributed by atoms with van der Waals surface area (Å²) in [5.74, 6) is -0.0157. The van der Waals surface area contributed by atoms with Gasteiger partial charge in [0, 0.05) is 26.2 Å². The maximum absolute atomic E-state index is 12.8. The van der Waals surface area contributed by atoms with E-state index in [1.165, 1.54) is 29.6 Å². The van der Waals surface area contributed by atoms with Crippen molar-refractivity contribution >= 4 is 15.9 Å². The molecule has 3 rings (SSSR count). The zero-order valence-corrected chi connectivity index (χ0v) is 16.2. The number of carbonyl (C=O) groups is 1. The quantitative estimate of drug-likeness (QED) is 0.676. The molecule has 27 heavy (non-hydrogen) atoms. The first kappa shape index (κ1) is 19.8. The van der Waals surface area contributed by atoms with Crippen LogP contribution in [0.25, 0.3) is 0 Å². The Morgan fingerprint density at radius 3 is 2.78 bits per heavy atom. The van der Waals surface area contributed by atoms with E-state index >= 15 is 0 Å². The third-order valence-electron chi connectivity index (χ3n) is 4.66. The number of morpholine rings is 1. The average molecular weight is 395 g/mol. The minimum absolute atomic E-state index is 0.0800. The number of hydrogen-bond donors (Lipinski definition) is 2. The van der Waals surface area contributed by atoms with Crippen molar-refractivity contribution in [2.75, 3.05) is 53.0 Å². The third-order valence-corrected chi connectivity index (χ3v) is 6.55. The average Bonchev–Trinajstić information content (AvgIpc) is 2.73. The highest BCUT2D eigenvalue weighted by Gasteiger charge is 2.28. The maximum atomic E-state index is 12.8. The van der Waals surface area contributed by atoms with E-state index in [-0.39, 0.29) is 16.4 Å². The van der Waals surface area contributed by atoms with Crippen LogP contribution in [0.3, 0.4) is 0 Å². The van der Waals surface area contributed by atoms with Gasteiger partial charge in [0.25, 0.3) is 5.91 Å². The van der Waals surface area contributed by atoms with E-state index in [9.17, 15) is 13.2 Å². The van der Waals surface area contributed by atoms with Crippen LogP contribution in [0.4, 0.5) is 0 Å². The molecule has 0 radical (unpaired) electrons. The summed E-state index contributed by atoms with van der Waals surface area (Å²) >= 11 is 0. The smallest absolute Gasteiger partial charge is 0.255 e. The molecule has 1 aromatic rings. The molecule has 1 aromatic carbocycles. The number of nitrogens with zero attached hydrogens (tertiary/aromatic N) is 1. The lowest BCUT2D eigenvalue weighted by atomic mass is 10.1. The van der Waals surface area contributed by atoms with Crippen LogP contribution in [-0.2, 0) is 14.8 Å². The highest BCUT2D eigenvalue weighted by Crippen LogP contribution is 2.25. The zero-order valence-electron chi connectivity index (χ0n) is 15.4. The van der Waals surface area contributed by atoms with Gasteiger partial charge >= 0.3 is 0 Å². The molecule has 0 aliphatic carbocycles. The predicted octanol–water partition coefficient (Wildman–Crippen LogP) is 0.366. The summed E-state index contributed by atoms with van der Waals surface area (Å²) in [6.07, 6.45) is 2.93. The summed E-state index contributed by atoms with van der Waals surface area (Å²) in [5, 5.41) is 6.08. The molecular formula is C18H25N3O5S. The zero-order chi connectivity index (χ0) is 19.3. The minimum Gasteiger partial charge on any atom is -0.496 e. The van der Waals surface area contributed by atoms with Crippen molar-refractivity contribution in [3.05, 3.63) is 35.4 Å². The molecule has 0 aromatic heterocycles. The molecule has 1 amide bonds. The molecule has 1 saturated heterocycles. The molecule has 2 heterocycles. The summed E-state index contributed by atoms with van der Waals surface area (Å²) in [4.78, 5) is 12.7. The number of benzene rings is 1. The lowest BCUT2D eigenvalue weighted by Gasteiger charge is -2.26. The number of ether oxygens (including phenoxy) is 2. The van der Waals surface area contributed by atoms with Crippen molar-refractivity contribution in [3.63, 3.8) is 0 Å². The largest absolute Gasteiger partial charge is 0.496 e. The molecule has 0 saturated carbocycles. The highest BCUT2D eigenvalue weighted by atomic mass is 32.2. The Morgan fingerprint density at radius 2 is 2.11 bits per heavy atom. The second-order valence-corrected chi connectivity index (χ2v) is 8.32. The van der Waals surface area contributed by atoms with E-state index in [0.717, 1.165) is 25.1 Å². The van der Waals surface area contributed by atoms with Crippen molar-refractivity contribution in [1.82, 2.24) is 14.9 Å². The number of amides is 1. The van der Waals surface area contributed by atoms with E-state index < -0.39 is 10.0 Å². The van der Waals surface area contributed by atoms with E-state index in [4.69, 9.17) is 9.47 Å². The van der Waals surface area contributed by atoms with Crippen molar-refractivity contribution < 1.29 is 22.7 Å². The van der Waals surface area contributed by atoms with Gasteiger partial charge in [-0.2, -0.15) is 4.31 Å². The van der Waals surface area contributed by atoms with E-state index in [0.29, 0.717) is 38.6 Å². The van der Waals surface area contributed by atoms with Gasteiger partial charge < -0.3 is 20.1 Å². The van der Waals surface area contributed by atoms with Gasteiger partial charge in [-0.25, -0.2) is 8.42 Å². The fourth-order valence-electron chi connectivity index (χ4n) is 3.08. The van der Waals surface area contributed by atoms with Crippen LogP contribution in [0.2, 0.25) is 0 Å². The Bertz CT molecular complexity index is 816. The first-order valence-electron chi connectivity index (χ1n) is 8.95. The molecule has 2 aliphatic heterocycles. The minimum atomic E-state index is -3.68. The van der Waals surface area contributed by atoms with Crippen molar-refractivity contribution in [1.29, 1.82) is 0 Å². The van der Waals surface area contributed by atoms with Crippen LogP contribution in [-0.4, -0.2) is 71.7 Å². The Balaban J connectivity index is 1.80. The number of sulfonamides is 1. The van der Waals surface area contributed by atoms with Crippen LogP contribution in [0.1, 0.15) is 16.8 Å². The van der Waals surface area contributed by atoms with Gasteiger partial charge in [-0.3, -0.25) is 4.79 Å². The Morgan fingerprint density at radius 1 is 1.33 bits per heavy atom. The fraction of sp³-hybridized carbons (Fsp3) is 0.500. The number of carbonyl (C=O) groups excluding carboxylic acids is 1. The van der Waals surface area contributed by atoms with Gasteiger partial charge in [-0.15, -0.1) is 0 Å². The number of hydrogen-bond acceptors (Lipinski definition) is 6. The van der Waals surface area contributed by atoms with E-state index in [2.05, 4.69) is 16.7 Å². The van der Waals surface area contributed by atoms with Crippen LogP contribution in [0.15, 0.2) is 34.7 Å². The molecule has 0 spiro atoms. The topological polar surface area (TPSA) is 97.0 Å². The molecule has 1 fully saturated rings. The number of methoxy groups -OCH3 is 1. The molecule has 9 heteroatoms. The lowest BCUT2D eigenvalue weighted by Crippen LogP contribution is -2.40. The first-order chi connectivity index (χ1) is 13.0. The summed E-state index contributed by atoms with van der Waals surface area (Å²) in [6.45, 7) is 3.46. The summed E-state index contributed by atoms with van der Waals surface area (Å²) < 4.78 is 37.5. The van der Waals surface area contributed by atoms with Gasteiger partial charge in [-0.05, 0) is 31.2 Å². The van der Waals surface area contributed by atoms with Gasteiger partial charge in [0.2, 0.25) is 10.0 Å². The molecule has 148 valence electrons. The molecule has 2 aliphatic rings. The molecule has 0 bridgehead atoms. The summed E-state index contributed by atoms with van der Waals surface area (Å²) in [6, 6.07) is 4.37. The predicted molar refractivity (Wildman–Crippen MR) is 100 cm³/mol. The standard InChI is InChI=1S/C18H25N3O5S/c1-25-17-3-2-15(27(23,24)21-8-10-26-11-9-21)12-16(17)18(22)20-13-14-4-6-19-7-5-14/h2-4,12,19H,5-11,13H2,1H3,(H,20,22). The van der Waals surface area contributed by atoms with Gasteiger partial charge in [-0.1, -0.05) is 11.6 Å². The second-order valence-electron chi connectivity index (χ2n) is 6.38. The molecule has 0 atom stereocenters. The highest BCUT2D eigenvalue weighted by molar-refractivity contribution is 7.89. The first-order valence-corrected chi connectivity index (χ1v) is 10.4. The monoisotopic (exact) mass is 395 g/mol. The SMILES string of the molecule is COc1ccc(S(=O)(=O)N2CCOCC2)cc1C(=O)NCC1=CCNCC1. The van der Waals surface area contributed by atoms with Crippen LogP contribution in [0, 0.1) is 0 Å². The molecule has 2 N–H and O–H groups in total.